The molecule has 0 aliphatic heterocycles. The second kappa shape index (κ2) is 2.19. The fraction of sp³-hybridized carbons (Fsp3) is 0.250. The molecule has 1 N–H and O–H groups in total. The van der Waals surface area contributed by atoms with Crippen LogP contribution in [0.4, 0.5) is 0 Å². The number of aromatic nitrogens is 2. The van der Waals surface area contributed by atoms with Gasteiger partial charge in [-0.1, -0.05) is 0 Å². The summed E-state index contributed by atoms with van der Waals surface area (Å²) < 4.78 is 10.5. The molecule has 3 nitrogen and oxygen atoms in total. The van der Waals surface area contributed by atoms with Crippen LogP contribution in [0.2, 0.25) is 0 Å². The molecule has 1 atom stereocenters. The molecule has 0 bridgehead atoms. The Balaban J connectivity index is 2.77. The fourth-order valence-corrected chi connectivity index (χ4v) is 0.828. The molecular weight excluding hydrogens is 124 g/mol. The third kappa shape index (κ3) is 1.02. The van der Waals surface area contributed by atoms with Crippen molar-refractivity contribution in [3.05, 3.63) is 12.5 Å². The average Bonchev–Trinajstić information content (AvgIpc) is 2.12. The molecule has 0 spiro atoms. The first-order valence-corrected chi connectivity index (χ1v) is 3.68. The van der Waals surface area contributed by atoms with E-state index in [0.717, 1.165) is 0 Å². The Bertz CT molecular complexity index is 149. The molecular formula is C4H6N2OS. The lowest BCUT2D eigenvalue weighted by Gasteiger charge is -1.96. The van der Waals surface area contributed by atoms with Gasteiger partial charge in [-0.25, -0.2) is 4.98 Å². The predicted molar refractivity (Wildman–Crippen MR) is 30.9 cm³/mol. The quantitative estimate of drug-likeness (QED) is 0.550. The molecule has 1 aromatic rings. The lowest BCUT2D eigenvalue weighted by molar-refractivity contribution is 0.598. The molecule has 0 saturated heterocycles. The maximum absolute atomic E-state index is 10.5. The first kappa shape index (κ1) is 5.65. The Morgan fingerprint density at radius 1 is 1.88 bits per heavy atom. The second-order valence-electron chi connectivity index (χ2n) is 1.37. The molecule has 0 aliphatic carbocycles. The van der Waals surface area contributed by atoms with Gasteiger partial charge in [-0.15, -0.1) is 0 Å². The SMILES string of the molecule is C[S+]([O-])c1cnc[nH]1. The van der Waals surface area contributed by atoms with Crippen LogP contribution in [0.3, 0.4) is 0 Å². The molecule has 44 valence electrons. The molecule has 1 rings (SSSR count). The zero-order valence-corrected chi connectivity index (χ0v) is 5.23. The lowest BCUT2D eigenvalue weighted by Crippen LogP contribution is -1.95. The largest absolute Gasteiger partial charge is 0.610 e. The second-order valence-corrected chi connectivity index (χ2v) is 2.72. The zero-order chi connectivity index (χ0) is 5.98. The third-order valence-electron chi connectivity index (χ3n) is 0.783. The van der Waals surface area contributed by atoms with Crippen LogP contribution in [0.25, 0.3) is 0 Å². The monoisotopic (exact) mass is 130 g/mol. The molecule has 8 heavy (non-hydrogen) atoms. The van der Waals surface area contributed by atoms with Gasteiger partial charge in [-0.3, -0.25) is 0 Å². The van der Waals surface area contributed by atoms with Crippen LogP contribution < -0.4 is 0 Å². The summed E-state index contributed by atoms with van der Waals surface area (Å²) in [7, 11) is 0. The van der Waals surface area contributed by atoms with Crippen molar-refractivity contribution in [3.8, 4) is 0 Å². The molecule has 0 fully saturated rings. The van der Waals surface area contributed by atoms with Crippen LogP contribution in [0.5, 0.6) is 0 Å². The van der Waals surface area contributed by atoms with Gasteiger partial charge in [0, 0.05) is 11.2 Å². The van der Waals surface area contributed by atoms with Crippen LogP contribution in [-0.2, 0) is 11.2 Å². The number of H-pyrrole nitrogens is 1. The van der Waals surface area contributed by atoms with Gasteiger partial charge in [0.1, 0.15) is 12.5 Å². The standard InChI is InChI=1S/C4H6N2OS/c1-8(7)4-2-5-3-6-4/h2-3H,1H3,(H,5,6). The van der Waals surface area contributed by atoms with Crippen molar-refractivity contribution in [3.63, 3.8) is 0 Å². The first-order valence-electron chi connectivity index (χ1n) is 2.12. The van der Waals surface area contributed by atoms with Crippen molar-refractivity contribution in [1.29, 1.82) is 0 Å². The first-order chi connectivity index (χ1) is 3.80. The minimum absolute atomic E-state index is 0.671. The van der Waals surface area contributed by atoms with Crippen LogP contribution in [-0.4, -0.2) is 20.8 Å². The maximum Gasteiger partial charge on any atom is 0.242 e. The van der Waals surface area contributed by atoms with Crippen molar-refractivity contribution >= 4 is 11.2 Å². The summed E-state index contributed by atoms with van der Waals surface area (Å²) in [6.45, 7) is 0. The topological polar surface area (TPSA) is 51.7 Å². The van der Waals surface area contributed by atoms with E-state index in [4.69, 9.17) is 0 Å². The number of nitrogens with one attached hydrogen (secondary N) is 1. The number of hydrogen-bond donors (Lipinski definition) is 1. The summed E-state index contributed by atoms with van der Waals surface area (Å²) in [4.78, 5) is 6.42. The molecule has 1 heterocycles. The van der Waals surface area contributed by atoms with E-state index in [-0.39, 0.29) is 0 Å². The Kier molecular flexibility index (Phi) is 1.55. The third-order valence-corrected chi connectivity index (χ3v) is 1.63. The van der Waals surface area contributed by atoms with E-state index < -0.39 is 11.2 Å². The van der Waals surface area contributed by atoms with Gasteiger partial charge in [0.25, 0.3) is 0 Å². The van der Waals surface area contributed by atoms with E-state index in [1.165, 1.54) is 6.33 Å². The van der Waals surface area contributed by atoms with Crippen molar-refractivity contribution in [1.82, 2.24) is 9.97 Å². The zero-order valence-electron chi connectivity index (χ0n) is 4.42. The van der Waals surface area contributed by atoms with Crippen molar-refractivity contribution in [2.24, 2.45) is 0 Å². The summed E-state index contributed by atoms with van der Waals surface area (Å²) in [5.74, 6) is 0. The van der Waals surface area contributed by atoms with E-state index in [1.807, 2.05) is 0 Å². The number of aromatic amines is 1. The summed E-state index contributed by atoms with van der Waals surface area (Å²) in [5.41, 5.74) is 0. The predicted octanol–water partition coefficient (Wildman–Crippen LogP) is 0.147. The molecule has 1 unspecified atom stereocenters. The highest BCUT2D eigenvalue weighted by atomic mass is 32.2. The molecule has 0 saturated carbocycles. The van der Waals surface area contributed by atoms with Gasteiger partial charge in [0.05, 0.1) is 6.33 Å². The van der Waals surface area contributed by atoms with E-state index in [2.05, 4.69) is 9.97 Å². The van der Waals surface area contributed by atoms with Gasteiger partial charge >= 0.3 is 0 Å². The van der Waals surface area contributed by atoms with Crippen LogP contribution in [0.15, 0.2) is 17.6 Å². The fourth-order valence-electron chi connectivity index (χ4n) is 0.400. The van der Waals surface area contributed by atoms with E-state index in [9.17, 15) is 4.55 Å². The molecule has 0 aromatic carbocycles. The van der Waals surface area contributed by atoms with Gasteiger partial charge < -0.3 is 9.54 Å². The molecule has 4 heteroatoms. The number of hydrogen-bond acceptors (Lipinski definition) is 2. The molecule has 0 aliphatic rings. The minimum atomic E-state index is -0.916. The van der Waals surface area contributed by atoms with Crippen molar-refractivity contribution in [2.45, 2.75) is 5.03 Å². The highest BCUT2D eigenvalue weighted by Gasteiger charge is 2.01. The number of nitrogens with zero attached hydrogens (tertiary/aromatic N) is 1. The Morgan fingerprint density at radius 3 is 2.88 bits per heavy atom. The van der Waals surface area contributed by atoms with Crippen molar-refractivity contribution < 1.29 is 4.55 Å². The smallest absolute Gasteiger partial charge is 0.242 e. The normalized spacial score (nSPS) is 13.8. The van der Waals surface area contributed by atoms with Gasteiger partial charge in [-0.05, 0) is 0 Å². The van der Waals surface area contributed by atoms with Crippen LogP contribution >= 0.6 is 0 Å². The van der Waals surface area contributed by atoms with Gasteiger partial charge in [0.2, 0.25) is 5.03 Å². The van der Waals surface area contributed by atoms with E-state index in [1.54, 1.807) is 12.5 Å². The highest BCUT2D eigenvalue weighted by molar-refractivity contribution is 7.90. The average molecular weight is 130 g/mol. The van der Waals surface area contributed by atoms with Crippen LogP contribution in [0, 0.1) is 0 Å². The summed E-state index contributed by atoms with van der Waals surface area (Å²) in [6.07, 6.45) is 4.67. The Labute approximate surface area is 50.3 Å². The van der Waals surface area contributed by atoms with E-state index in [0.29, 0.717) is 5.03 Å². The van der Waals surface area contributed by atoms with Crippen LogP contribution in [0.1, 0.15) is 0 Å². The molecule has 0 amide bonds. The maximum atomic E-state index is 10.5. The summed E-state index contributed by atoms with van der Waals surface area (Å²) in [5, 5.41) is 0.671. The van der Waals surface area contributed by atoms with Gasteiger partial charge in [0.15, 0.2) is 0 Å². The highest BCUT2D eigenvalue weighted by Crippen LogP contribution is 1.99. The lowest BCUT2D eigenvalue weighted by atomic mass is 11.0. The summed E-state index contributed by atoms with van der Waals surface area (Å²) >= 11 is -0.916. The molecule has 1 aromatic heterocycles. The van der Waals surface area contributed by atoms with Gasteiger partial charge in [-0.2, -0.15) is 0 Å². The minimum Gasteiger partial charge on any atom is -0.610 e. The Hall–Kier alpha value is -0.480. The van der Waals surface area contributed by atoms with Crippen molar-refractivity contribution in [2.75, 3.05) is 6.26 Å². The molecule has 0 radical (unpaired) electrons. The summed E-state index contributed by atoms with van der Waals surface area (Å²) in [6, 6.07) is 0. The number of imidazole rings is 1. The number of rotatable bonds is 1. The van der Waals surface area contributed by atoms with E-state index >= 15 is 0 Å². The Morgan fingerprint density at radius 2 is 2.62 bits per heavy atom.